The monoisotopic (exact) mass is 213 g/mol. The summed E-state index contributed by atoms with van der Waals surface area (Å²) in [7, 11) is 2.01. The minimum Gasteiger partial charge on any atom is -0.459 e. The molecule has 3 heteroatoms. The SMILES string of the molecule is CN(CC(=O)OC(C)(C)C)C1CCCC1. The van der Waals surface area contributed by atoms with Gasteiger partial charge in [0.05, 0.1) is 6.54 Å². The largest absolute Gasteiger partial charge is 0.459 e. The molecule has 0 aromatic heterocycles. The first-order valence-electron chi connectivity index (χ1n) is 5.80. The number of ether oxygens (including phenoxy) is 1. The zero-order valence-electron chi connectivity index (χ0n) is 10.4. The number of hydrogen-bond acceptors (Lipinski definition) is 3. The van der Waals surface area contributed by atoms with Gasteiger partial charge in [-0.2, -0.15) is 0 Å². The third-order valence-corrected chi connectivity index (χ3v) is 2.75. The number of likely N-dealkylation sites (N-methyl/N-ethyl adjacent to an activating group) is 1. The van der Waals surface area contributed by atoms with Crippen molar-refractivity contribution in [3.8, 4) is 0 Å². The van der Waals surface area contributed by atoms with E-state index in [4.69, 9.17) is 4.74 Å². The zero-order chi connectivity index (χ0) is 11.5. The maximum Gasteiger partial charge on any atom is 0.320 e. The summed E-state index contributed by atoms with van der Waals surface area (Å²) in [6.07, 6.45) is 5.03. The van der Waals surface area contributed by atoms with Crippen LogP contribution in [0.4, 0.5) is 0 Å². The second-order valence-corrected chi connectivity index (χ2v) is 5.44. The van der Waals surface area contributed by atoms with Gasteiger partial charge in [0.1, 0.15) is 5.60 Å². The molecular weight excluding hydrogens is 190 g/mol. The van der Waals surface area contributed by atoms with Gasteiger partial charge < -0.3 is 4.74 Å². The normalized spacial score (nSPS) is 18.5. The highest BCUT2D eigenvalue weighted by Gasteiger charge is 2.23. The minimum atomic E-state index is -0.367. The molecule has 0 unspecified atom stereocenters. The Hall–Kier alpha value is -0.570. The van der Waals surface area contributed by atoms with Gasteiger partial charge in [-0.05, 0) is 40.7 Å². The Balaban J connectivity index is 2.30. The van der Waals surface area contributed by atoms with Gasteiger partial charge in [0, 0.05) is 6.04 Å². The molecule has 88 valence electrons. The standard InChI is InChI=1S/C12H23NO2/c1-12(2,3)15-11(14)9-13(4)10-7-5-6-8-10/h10H,5-9H2,1-4H3. The first-order valence-corrected chi connectivity index (χ1v) is 5.80. The second kappa shape index (κ2) is 4.97. The average Bonchev–Trinajstić information content (AvgIpc) is 2.50. The summed E-state index contributed by atoms with van der Waals surface area (Å²) >= 11 is 0. The molecule has 0 aliphatic heterocycles. The molecule has 0 aromatic rings. The molecule has 0 spiro atoms. The number of carbonyl (C=O) groups is 1. The summed E-state index contributed by atoms with van der Waals surface area (Å²) in [4.78, 5) is 13.7. The Morgan fingerprint density at radius 2 is 1.87 bits per heavy atom. The summed E-state index contributed by atoms with van der Waals surface area (Å²) in [5.74, 6) is -0.114. The van der Waals surface area contributed by atoms with Crippen LogP contribution in [0.2, 0.25) is 0 Å². The van der Waals surface area contributed by atoms with Gasteiger partial charge in [-0.25, -0.2) is 0 Å². The number of rotatable bonds is 3. The Bertz CT molecular complexity index is 214. The number of hydrogen-bond donors (Lipinski definition) is 0. The lowest BCUT2D eigenvalue weighted by molar-refractivity contribution is -0.156. The third-order valence-electron chi connectivity index (χ3n) is 2.75. The van der Waals surface area contributed by atoms with Crippen molar-refractivity contribution in [1.29, 1.82) is 0 Å². The zero-order valence-corrected chi connectivity index (χ0v) is 10.4. The van der Waals surface area contributed by atoms with Crippen LogP contribution in [0.15, 0.2) is 0 Å². The van der Waals surface area contributed by atoms with Gasteiger partial charge in [-0.1, -0.05) is 12.8 Å². The average molecular weight is 213 g/mol. The van der Waals surface area contributed by atoms with Gasteiger partial charge in [0.25, 0.3) is 0 Å². The van der Waals surface area contributed by atoms with E-state index in [1.165, 1.54) is 25.7 Å². The number of nitrogens with zero attached hydrogens (tertiary/aromatic N) is 1. The summed E-state index contributed by atoms with van der Waals surface area (Å²) < 4.78 is 5.29. The molecule has 0 atom stereocenters. The Kier molecular flexibility index (Phi) is 4.14. The van der Waals surface area contributed by atoms with Gasteiger partial charge >= 0.3 is 5.97 Å². The fraction of sp³-hybridized carbons (Fsp3) is 0.917. The smallest absolute Gasteiger partial charge is 0.320 e. The van der Waals surface area contributed by atoms with Crippen molar-refractivity contribution >= 4 is 5.97 Å². The van der Waals surface area contributed by atoms with Crippen LogP contribution in [0.3, 0.4) is 0 Å². The van der Waals surface area contributed by atoms with E-state index >= 15 is 0 Å². The lowest BCUT2D eigenvalue weighted by Crippen LogP contribution is -2.37. The Labute approximate surface area is 92.8 Å². The highest BCUT2D eigenvalue weighted by atomic mass is 16.6. The number of esters is 1. The third kappa shape index (κ3) is 4.65. The molecule has 3 nitrogen and oxygen atoms in total. The fourth-order valence-corrected chi connectivity index (χ4v) is 2.05. The highest BCUT2D eigenvalue weighted by Crippen LogP contribution is 2.22. The molecule has 0 aromatic carbocycles. The molecule has 1 aliphatic rings. The van der Waals surface area contributed by atoms with Crippen LogP contribution < -0.4 is 0 Å². The predicted molar refractivity (Wildman–Crippen MR) is 60.7 cm³/mol. The van der Waals surface area contributed by atoms with Crippen molar-refractivity contribution in [1.82, 2.24) is 4.90 Å². The molecule has 1 rings (SSSR count). The lowest BCUT2D eigenvalue weighted by Gasteiger charge is -2.25. The number of carbonyl (C=O) groups excluding carboxylic acids is 1. The molecule has 15 heavy (non-hydrogen) atoms. The molecule has 0 bridgehead atoms. The molecule has 1 saturated carbocycles. The van der Waals surface area contributed by atoms with E-state index in [1.54, 1.807) is 0 Å². The first kappa shape index (κ1) is 12.5. The van der Waals surface area contributed by atoms with E-state index < -0.39 is 0 Å². The van der Waals surface area contributed by atoms with Crippen molar-refractivity contribution in [3.05, 3.63) is 0 Å². The van der Waals surface area contributed by atoms with E-state index in [-0.39, 0.29) is 11.6 Å². The van der Waals surface area contributed by atoms with Crippen molar-refractivity contribution in [2.75, 3.05) is 13.6 Å². The van der Waals surface area contributed by atoms with Crippen molar-refractivity contribution in [2.24, 2.45) is 0 Å². The van der Waals surface area contributed by atoms with E-state index in [2.05, 4.69) is 4.90 Å². The molecule has 0 heterocycles. The maximum atomic E-state index is 11.6. The van der Waals surface area contributed by atoms with E-state index in [0.717, 1.165) is 0 Å². The lowest BCUT2D eigenvalue weighted by atomic mass is 10.2. The van der Waals surface area contributed by atoms with Crippen LogP contribution in [0.1, 0.15) is 46.5 Å². The molecule has 1 fully saturated rings. The molecule has 0 saturated heterocycles. The molecule has 0 amide bonds. The fourth-order valence-electron chi connectivity index (χ4n) is 2.05. The van der Waals surface area contributed by atoms with Crippen molar-refractivity contribution in [3.63, 3.8) is 0 Å². The molecule has 0 radical (unpaired) electrons. The van der Waals surface area contributed by atoms with Crippen LogP contribution >= 0.6 is 0 Å². The van der Waals surface area contributed by atoms with Crippen LogP contribution in [-0.4, -0.2) is 36.1 Å². The van der Waals surface area contributed by atoms with Crippen molar-refractivity contribution in [2.45, 2.75) is 58.1 Å². The van der Waals surface area contributed by atoms with Gasteiger partial charge in [0.15, 0.2) is 0 Å². The maximum absolute atomic E-state index is 11.6. The van der Waals surface area contributed by atoms with Crippen LogP contribution in [0.25, 0.3) is 0 Å². The van der Waals surface area contributed by atoms with E-state index in [9.17, 15) is 4.79 Å². The van der Waals surface area contributed by atoms with Crippen molar-refractivity contribution < 1.29 is 9.53 Å². The molecular formula is C12H23NO2. The van der Waals surface area contributed by atoms with E-state index in [1.807, 2.05) is 27.8 Å². The summed E-state index contributed by atoms with van der Waals surface area (Å²) in [5, 5.41) is 0. The topological polar surface area (TPSA) is 29.5 Å². The van der Waals surface area contributed by atoms with Crippen LogP contribution in [0, 0.1) is 0 Å². The van der Waals surface area contributed by atoms with Crippen LogP contribution in [0.5, 0.6) is 0 Å². The van der Waals surface area contributed by atoms with Crippen LogP contribution in [-0.2, 0) is 9.53 Å². The highest BCUT2D eigenvalue weighted by molar-refractivity contribution is 5.72. The summed E-state index contributed by atoms with van der Waals surface area (Å²) in [6.45, 7) is 6.13. The quantitative estimate of drug-likeness (QED) is 0.673. The first-order chi connectivity index (χ1) is 6.88. The van der Waals surface area contributed by atoms with Gasteiger partial charge in [-0.15, -0.1) is 0 Å². The predicted octanol–water partition coefficient (Wildman–Crippen LogP) is 2.20. The minimum absolute atomic E-state index is 0.114. The van der Waals surface area contributed by atoms with Gasteiger partial charge in [0.2, 0.25) is 0 Å². The molecule has 1 aliphatic carbocycles. The Morgan fingerprint density at radius 1 is 1.33 bits per heavy atom. The van der Waals surface area contributed by atoms with Gasteiger partial charge in [-0.3, -0.25) is 9.69 Å². The molecule has 0 N–H and O–H groups in total. The Morgan fingerprint density at radius 3 is 2.33 bits per heavy atom. The summed E-state index contributed by atoms with van der Waals surface area (Å²) in [5.41, 5.74) is -0.367. The van der Waals surface area contributed by atoms with E-state index in [0.29, 0.717) is 12.6 Å². The summed E-state index contributed by atoms with van der Waals surface area (Å²) in [6, 6.07) is 0.581. The second-order valence-electron chi connectivity index (χ2n) is 5.44.